The fourth-order valence-electron chi connectivity index (χ4n) is 7.81. The van der Waals surface area contributed by atoms with Crippen LogP contribution in [0.2, 0.25) is 0 Å². The van der Waals surface area contributed by atoms with Crippen molar-refractivity contribution in [2.24, 2.45) is 46.3 Å². The summed E-state index contributed by atoms with van der Waals surface area (Å²) in [6.07, 6.45) is 7.13. The number of carbonyl (C=O) groups is 2. The van der Waals surface area contributed by atoms with E-state index in [1.807, 2.05) is 0 Å². The van der Waals surface area contributed by atoms with Crippen LogP contribution in [0.4, 0.5) is 0 Å². The third-order valence-electron chi connectivity index (χ3n) is 10.9. The molecule has 0 bridgehead atoms. The molecule has 9 unspecified atom stereocenters. The molecule has 4 rings (SSSR count). The smallest absolute Gasteiger partial charge is 0.310 e. The van der Waals surface area contributed by atoms with Crippen molar-refractivity contribution in [1.29, 1.82) is 0 Å². The predicted molar refractivity (Wildman–Crippen MR) is 169 cm³/mol. The minimum atomic E-state index is -0.939. The molecule has 9 atom stereocenters. The number of aliphatic hydroxyl groups excluding tert-OH is 1. The second-order valence-electron chi connectivity index (χ2n) is 16.8. The van der Waals surface area contributed by atoms with Crippen molar-refractivity contribution < 1.29 is 38.4 Å². The van der Waals surface area contributed by atoms with Crippen LogP contribution in [0.5, 0.6) is 0 Å². The summed E-state index contributed by atoms with van der Waals surface area (Å²) in [7, 11) is 0. The van der Waals surface area contributed by atoms with E-state index >= 15 is 0 Å². The monoisotopic (exact) mass is 622 g/mol. The van der Waals surface area contributed by atoms with Gasteiger partial charge in [-0.15, -0.1) is 0 Å². The molecule has 1 N–H and O–H groups in total. The van der Waals surface area contributed by atoms with E-state index in [1.165, 1.54) is 0 Å². The van der Waals surface area contributed by atoms with Crippen LogP contribution >= 0.6 is 0 Å². The normalized spacial score (nSPS) is 37.2. The Morgan fingerprint density at radius 3 is 1.89 bits per heavy atom. The van der Waals surface area contributed by atoms with Crippen molar-refractivity contribution in [3.8, 4) is 0 Å². The van der Waals surface area contributed by atoms with Crippen molar-refractivity contribution in [3.05, 3.63) is 0 Å². The number of rotatable bonds is 11. The molecular weight excluding hydrogens is 560 g/mol. The van der Waals surface area contributed by atoms with Crippen LogP contribution in [-0.4, -0.2) is 74.0 Å². The number of esters is 2. The lowest BCUT2D eigenvalue weighted by Crippen LogP contribution is -2.50. The summed E-state index contributed by atoms with van der Waals surface area (Å²) in [5.74, 6) is -0.0776. The zero-order valence-corrected chi connectivity index (χ0v) is 28.8. The molecule has 4 aliphatic rings. The topological polar surface area (TPSA) is 104 Å². The molecule has 0 radical (unpaired) electrons. The standard InChI is InChI=1S/C36H62O8/c1-22-9-12-25(13-10-22)44-34(39)28-15-23(2)11-14-27(28)33(38)43-19-24(37)18-41-31-16-30(36(6,7)8)32(42-21-26-20-40-26)17-29(31)35(3,4)5/h22-32,37H,9-21H2,1-8H3. The van der Waals surface area contributed by atoms with Gasteiger partial charge >= 0.3 is 11.9 Å². The second kappa shape index (κ2) is 15.1. The molecule has 1 aliphatic heterocycles. The molecule has 0 spiro atoms. The van der Waals surface area contributed by atoms with E-state index in [2.05, 4.69) is 55.4 Å². The van der Waals surface area contributed by atoms with Gasteiger partial charge in [0.2, 0.25) is 0 Å². The Morgan fingerprint density at radius 2 is 1.32 bits per heavy atom. The van der Waals surface area contributed by atoms with E-state index in [0.717, 1.165) is 51.6 Å². The average molecular weight is 623 g/mol. The summed E-state index contributed by atoms with van der Waals surface area (Å²) < 4.78 is 29.8. The number of aliphatic hydroxyl groups is 1. The summed E-state index contributed by atoms with van der Waals surface area (Å²) in [5, 5.41) is 10.9. The van der Waals surface area contributed by atoms with Crippen LogP contribution in [0.25, 0.3) is 0 Å². The average Bonchev–Trinajstić information content (AvgIpc) is 3.78. The molecule has 3 aliphatic carbocycles. The highest BCUT2D eigenvalue weighted by Crippen LogP contribution is 2.48. The first kappa shape index (κ1) is 35.6. The third-order valence-corrected chi connectivity index (χ3v) is 10.9. The molecule has 0 amide bonds. The SMILES string of the molecule is CC1CCC(OC(=O)C2CC(C)CCC2C(=O)OCC(O)COC2CC(C(C)(C)C)C(OCC3CO3)CC2C(C)(C)C)CC1. The van der Waals surface area contributed by atoms with Crippen LogP contribution in [-0.2, 0) is 33.3 Å². The lowest BCUT2D eigenvalue weighted by Gasteiger charge is -2.50. The Kier molecular flexibility index (Phi) is 12.2. The minimum Gasteiger partial charge on any atom is -0.463 e. The van der Waals surface area contributed by atoms with Crippen molar-refractivity contribution in [2.45, 2.75) is 144 Å². The quantitative estimate of drug-likeness (QED) is 0.210. The molecule has 44 heavy (non-hydrogen) atoms. The van der Waals surface area contributed by atoms with Gasteiger partial charge in [0.05, 0.1) is 43.9 Å². The van der Waals surface area contributed by atoms with E-state index in [0.29, 0.717) is 37.2 Å². The van der Waals surface area contributed by atoms with Crippen molar-refractivity contribution in [2.75, 3.05) is 26.4 Å². The molecule has 8 nitrogen and oxygen atoms in total. The van der Waals surface area contributed by atoms with Crippen molar-refractivity contribution in [1.82, 2.24) is 0 Å². The summed E-state index contributed by atoms with van der Waals surface area (Å²) in [4.78, 5) is 26.5. The second-order valence-corrected chi connectivity index (χ2v) is 16.8. The molecule has 0 aromatic heterocycles. The van der Waals surface area contributed by atoms with Gasteiger partial charge in [-0.1, -0.05) is 55.4 Å². The molecular formula is C36H62O8. The van der Waals surface area contributed by atoms with Gasteiger partial charge in [0, 0.05) is 0 Å². The first-order valence-electron chi connectivity index (χ1n) is 17.5. The molecule has 0 aromatic carbocycles. The Labute approximate surface area is 266 Å². The molecule has 8 heteroatoms. The van der Waals surface area contributed by atoms with Gasteiger partial charge in [-0.3, -0.25) is 9.59 Å². The van der Waals surface area contributed by atoms with E-state index in [4.69, 9.17) is 23.7 Å². The minimum absolute atomic E-state index is 0.000242. The summed E-state index contributed by atoms with van der Waals surface area (Å²) >= 11 is 0. The van der Waals surface area contributed by atoms with Gasteiger partial charge in [-0.2, -0.15) is 0 Å². The molecule has 1 heterocycles. The number of epoxide rings is 1. The number of hydrogen-bond donors (Lipinski definition) is 1. The van der Waals surface area contributed by atoms with Gasteiger partial charge in [0.1, 0.15) is 24.9 Å². The molecule has 0 aromatic rings. The summed E-state index contributed by atoms with van der Waals surface area (Å²) in [5.41, 5.74) is 0.0402. The summed E-state index contributed by atoms with van der Waals surface area (Å²) in [6.45, 7) is 19.2. The van der Waals surface area contributed by atoms with Crippen LogP contribution in [0.15, 0.2) is 0 Å². The zero-order chi connectivity index (χ0) is 32.2. The Bertz CT molecular complexity index is 925. The summed E-state index contributed by atoms with van der Waals surface area (Å²) in [6, 6.07) is 0. The Balaban J connectivity index is 1.30. The Morgan fingerprint density at radius 1 is 0.750 bits per heavy atom. The van der Waals surface area contributed by atoms with Crippen LogP contribution in [0.3, 0.4) is 0 Å². The van der Waals surface area contributed by atoms with E-state index < -0.39 is 23.9 Å². The number of ether oxygens (including phenoxy) is 5. The molecule has 1 saturated heterocycles. The van der Waals surface area contributed by atoms with Crippen LogP contribution < -0.4 is 0 Å². The maximum atomic E-state index is 13.2. The van der Waals surface area contributed by atoms with Gasteiger partial charge in [0.25, 0.3) is 0 Å². The fraction of sp³-hybridized carbons (Fsp3) is 0.944. The van der Waals surface area contributed by atoms with Crippen molar-refractivity contribution in [3.63, 3.8) is 0 Å². The van der Waals surface area contributed by atoms with Gasteiger partial charge < -0.3 is 28.8 Å². The maximum absolute atomic E-state index is 13.2. The highest BCUT2D eigenvalue weighted by Gasteiger charge is 2.47. The number of hydrogen-bond acceptors (Lipinski definition) is 8. The lowest BCUT2D eigenvalue weighted by atomic mass is 9.61. The molecule has 4 fully saturated rings. The van der Waals surface area contributed by atoms with E-state index in [-0.39, 0.29) is 60.3 Å². The molecule has 254 valence electrons. The van der Waals surface area contributed by atoms with Crippen LogP contribution in [0.1, 0.15) is 113 Å². The van der Waals surface area contributed by atoms with E-state index in [9.17, 15) is 14.7 Å². The highest BCUT2D eigenvalue weighted by molar-refractivity contribution is 5.82. The number of carbonyl (C=O) groups excluding carboxylic acids is 2. The van der Waals surface area contributed by atoms with Gasteiger partial charge in [0.15, 0.2) is 0 Å². The largest absolute Gasteiger partial charge is 0.463 e. The lowest BCUT2D eigenvalue weighted by molar-refractivity contribution is -0.171. The van der Waals surface area contributed by atoms with Crippen molar-refractivity contribution >= 4 is 11.9 Å². The van der Waals surface area contributed by atoms with Gasteiger partial charge in [-0.05, 0) is 92.3 Å². The molecule has 3 saturated carbocycles. The zero-order valence-electron chi connectivity index (χ0n) is 28.8. The van der Waals surface area contributed by atoms with Crippen LogP contribution in [0, 0.1) is 46.3 Å². The fourth-order valence-corrected chi connectivity index (χ4v) is 7.81. The first-order valence-corrected chi connectivity index (χ1v) is 17.5. The van der Waals surface area contributed by atoms with E-state index in [1.54, 1.807) is 0 Å². The van der Waals surface area contributed by atoms with Gasteiger partial charge in [-0.25, -0.2) is 0 Å². The third kappa shape index (κ3) is 10.1. The predicted octanol–water partition coefficient (Wildman–Crippen LogP) is 6.35. The first-order chi connectivity index (χ1) is 20.6. The maximum Gasteiger partial charge on any atom is 0.310 e. The Hall–Kier alpha value is -1.22. The highest BCUT2D eigenvalue weighted by atomic mass is 16.6.